The van der Waals surface area contributed by atoms with Gasteiger partial charge in [-0.1, -0.05) is 11.6 Å². The summed E-state index contributed by atoms with van der Waals surface area (Å²) in [5, 5.41) is 10.1. The SMILES string of the molecule is NCc1ncc(-c2cc(Cl)ccc2O)o1. The zero-order chi connectivity index (χ0) is 10.8. The summed E-state index contributed by atoms with van der Waals surface area (Å²) in [5.41, 5.74) is 5.87. The summed E-state index contributed by atoms with van der Waals surface area (Å²) < 4.78 is 5.30. The van der Waals surface area contributed by atoms with Gasteiger partial charge in [0.25, 0.3) is 0 Å². The standard InChI is InChI=1S/C10H9ClN2O2/c11-6-1-2-8(14)7(3-6)9-5-13-10(4-12)15-9/h1-3,5,14H,4,12H2. The molecule has 0 unspecified atom stereocenters. The van der Waals surface area contributed by atoms with Crippen LogP contribution in [0.5, 0.6) is 5.75 Å². The van der Waals surface area contributed by atoms with Gasteiger partial charge < -0.3 is 15.3 Å². The molecule has 3 N–H and O–H groups in total. The van der Waals surface area contributed by atoms with E-state index in [-0.39, 0.29) is 12.3 Å². The molecule has 0 aliphatic rings. The molecule has 1 heterocycles. The Morgan fingerprint density at radius 1 is 1.47 bits per heavy atom. The summed E-state index contributed by atoms with van der Waals surface area (Å²) in [7, 11) is 0. The van der Waals surface area contributed by atoms with E-state index in [1.54, 1.807) is 12.1 Å². The van der Waals surface area contributed by atoms with Gasteiger partial charge in [-0.05, 0) is 18.2 Å². The normalized spacial score (nSPS) is 10.5. The molecule has 0 atom stereocenters. The van der Waals surface area contributed by atoms with Gasteiger partial charge in [0.2, 0.25) is 5.89 Å². The molecule has 0 spiro atoms. The van der Waals surface area contributed by atoms with Gasteiger partial charge in [-0.3, -0.25) is 0 Å². The highest BCUT2D eigenvalue weighted by Crippen LogP contribution is 2.31. The lowest BCUT2D eigenvalue weighted by atomic mass is 10.1. The molecule has 15 heavy (non-hydrogen) atoms. The lowest BCUT2D eigenvalue weighted by molar-refractivity contribution is 0.469. The van der Waals surface area contributed by atoms with Crippen LogP contribution in [-0.4, -0.2) is 10.1 Å². The number of benzene rings is 1. The van der Waals surface area contributed by atoms with E-state index in [9.17, 15) is 5.11 Å². The summed E-state index contributed by atoms with van der Waals surface area (Å²) in [6.45, 7) is 0.224. The third kappa shape index (κ3) is 1.95. The largest absolute Gasteiger partial charge is 0.507 e. The zero-order valence-electron chi connectivity index (χ0n) is 7.77. The predicted octanol–water partition coefficient (Wildman–Crippen LogP) is 2.16. The number of phenolic OH excluding ortho intramolecular Hbond substituents is 1. The second kappa shape index (κ2) is 3.92. The van der Waals surface area contributed by atoms with Gasteiger partial charge in [-0.15, -0.1) is 0 Å². The fourth-order valence-electron chi connectivity index (χ4n) is 1.23. The van der Waals surface area contributed by atoms with Crippen molar-refractivity contribution in [2.45, 2.75) is 6.54 Å². The van der Waals surface area contributed by atoms with Crippen LogP contribution in [0.2, 0.25) is 5.02 Å². The van der Waals surface area contributed by atoms with Crippen LogP contribution in [0.4, 0.5) is 0 Å². The zero-order valence-corrected chi connectivity index (χ0v) is 8.53. The van der Waals surface area contributed by atoms with E-state index < -0.39 is 0 Å². The molecule has 1 aromatic carbocycles. The van der Waals surface area contributed by atoms with E-state index in [1.807, 2.05) is 0 Å². The Morgan fingerprint density at radius 3 is 2.93 bits per heavy atom. The number of oxazole rings is 1. The molecule has 1 aromatic heterocycles. The van der Waals surface area contributed by atoms with E-state index in [1.165, 1.54) is 12.3 Å². The van der Waals surface area contributed by atoms with Crippen LogP contribution < -0.4 is 5.73 Å². The number of aromatic nitrogens is 1. The van der Waals surface area contributed by atoms with Gasteiger partial charge in [0.05, 0.1) is 18.3 Å². The Bertz CT molecular complexity index is 482. The predicted molar refractivity (Wildman–Crippen MR) is 56.5 cm³/mol. The van der Waals surface area contributed by atoms with Gasteiger partial charge in [-0.2, -0.15) is 0 Å². The van der Waals surface area contributed by atoms with Crippen molar-refractivity contribution < 1.29 is 9.52 Å². The maximum absolute atomic E-state index is 9.59. The third-order valence-corrected chi connectivity index (χ3v) is 2.19. The molecule has 0 radical (unpaired) electrons. The van der Waals surface area contributed by atoms with E-state index in [0.717, 1.165) is 0 Å². The van der Waals surface area contributed by atoms with Crippen molar-refractivity contribution in [2.75, 3.05) is 0 Å². The Labute approximate surface area is 91.3 Å². The van der Waals surface area contributed by atoms with Gasteiger partial charge in [0.15, 0.2) is 5.76 Å². The summed E-state index contributed by atoms with van der Waals surface area (Å²) in [6.07, 6.45) is 1.51. The summed E-state index contributed by atoms with van der Waals surface area (Å²) in [6, 6.07) is 4.71. The van der Waals surface area contributed by atoms with Crippen LogP contribution in [0.25, 0.3) is 11.3 Å². The second-order valence-corrected chi connectivity index (χ2v) is 3.42. The fraction of sp³-hybridized carbons (Fsp3) is 0.100. The first kappa shape index (κ1) is 10.0. The Kier molecular flexibility index (Phi) is 2.62. The van der Waals surface area contributed by atoms with Crippen LogP contribution in [0.1, 0.15) is 5.89 Å². The number of aromatic hydroxyl groups is 1. The minimum Gasteiger partial charge on any atom is -0.507 e. The number of hydrogen-bond acceptors (Lipinski definition) is 4. The maximum atomic E-state index is 9.59. The first-order valence-electron chi connectivity index (χ1n) is 4.34. The topological polar surface area (TPSA) is 72.3 Å². The summed E-state index contributed by atoms with van der Waals surface area (Å²) in [5.74, 6) is 0.971. The third-order valence-electron chi connectivity index (χ3n) is 1.95. The molecule has 2 rings (SSSR count). The van der Waals surface area contributed by atoms with Gasteiger partial charge in [0, 0.05) is 5.02 Å². The van der Waals surface area contributed by atoms with Gasteiger partial charge in [-0.25, -0.2) is 4.98 Å². The van der Waals surface area contributed by atoms with Crippen molar-refractivity contribution >= 4 is 11.6 Å². The molecular formula is C10H9ClN2O2. The van der Waals surface area contributed by atoms with Crippen molar-refractivity contribution in [2.24, 2.45) is 5.73 Å². The first-order valence-corrected chi connectivity index (χ1v) is 4.72. The van der Waals surface area contributed by atoms with Crippen LogP contribution in [-0.2, 0) is 6.54 Å². The second-order valence-electron chi connectivity index (χ2n) is 2.98. The first-order chi connectivity index (χ1) is 7.20. The molecule has 0 saturated carbocycles. The lowest BCUT2D eigenvalue weighted by Gasteiger charge is -2.00. The number of hydrogen-bond donors (Lipinski definition) is 2. The van der Waals surface area contributed by atoms with Crippen molar-refractivity contribution in [3.05, 3.63) is 35.3 Å². The van der Waals surface area contributed by atoms with Crippen molar-refractivity contribution in [1.82, 2.24) is 4.98 Å². The fourth-order valence-corrected chi connectivity index (χ4v) is 1.41. The molecule has 4 nitrogen and oxygen atoms in total. The number of phenols is 1. The number of nitrogens with zero attached hydrogens (tertiary/aromatic N) is 1. The Hall–Kier alpha value is -1.52. The molecular weight excluding hydrogens is 216 g/mol. The summed E-state index contributed by atoms with van der Waals surface area (Å²) in [4.78, 5) is 3.94. The van der Waals surface area contributed by atoms with E-state index in [2.05, 4.69) is 4.98 Å². The van der Waals surface area contributed by atoms with Crippen LogP contribution in [0.3, 0.4) is 0 Å². The number of rotatable bonds is 2. The highest BCUT2D eigenvalue weighted by molar-refractivity contribution is 6.30. The quantitative estimate of drug-likeness (QED) is 0.820. The maximum Gasteiger partial charge on any atom is 0.208 e. The van der Waals surface area contributed by atoms with Gasteiger partial charge >= 0.3 is 0 Å². The monoisotopic (exact) mass is 224 g/mol. The highest BCUT2D eigenvalue weighted by atomic mass is 35.5. The number of nitrogens with two attached hydrogens (primary N) is 1. The van der Waals surface area contributed by atoms with E-state index >= 15 is 0 Å². The minimum absolute atomic E-state index is 0.0964. The Balaban J connectivity index is 2.48. The van der Waals surface area contributed by atoms with Crippen molar-refractivity contribution in [1.29, 1.82) is 0 Å². The molecule has 78 valence electrons. The minimum atomic E-state index is 0.0964. The molecule has 0 saturated heterocycles. The van der Waals surface area contributed by atoms with Crippen LogP contribution >= 0.6 is 11.6 Å². The molecule has 2 aromatic rings. The molecule has 0 aliphatic carbocycles. The summed E-state index contributed by atoms with van der Waals surface area (Å²) >= 11 is 5.81. The Morgan fingerprint density at radius 2 is 2.27 bits per heavy atom. The lowest BCUT2D eigenvalue weighted by Crippen LogP contribution is -1.94. The smallest absolute Gasteiger partial charge is 0.208 e. The average molecular weight is 225 g/mol. The van der Waals surface area contributed by atoms with Crippen molar-refractivity contribution in [3.8, 4) is 17.1 Å². The van der Waals surface area contributed by atoms with Crippen LogP contribution in [0.15, 0.2) is 28.8 Å². The molecule has 0 aliphatic heterocycles. The van der Waals surface area contributed by atoms with Crippen molar-refractivity contribution in [3.63, 3.8) is 0 Å². The highest BCUT2D eigenvalue weighted by Gasteiger charge is 2.10. The molecule has 0 fully saturated rings. The van der Waals surface area contributed by atoms with Crippen LogP contribution in [0, 0.1) is 0 Å². The number of halogens is 1. The molecule has 0 amide bonds. The molecule has 5 heteroatoms. The van der Waals surface area contributed by atoms with Gasteiger partial charge in [0.1, 0.15) is 5.75 Å². The molecule has 0 bridgehead atoms. The van der Waals surface area contributed by atoms with E-state index in [4.69, 9.17) is 21.8 Å². The average Bonchev–Trinajstić information content (AvgIpc) is 2.70. The van der Waals surface area contributed by atoms with E-state index in [0.29, 0.717) is 22.2 Å².